The van der Waals surface area contributed by atoms with E-state index < -0.39 is 24.0 Å². The van der Waals surface area contributed by atoms with Gasteiger partial charge in [0.25, 0.3) is 5.56 Å². The first-order chi connectivity index (χ1) is 18.6. The third-order valence-electron chi connectivity index (χ3n) is 7.34. The minimum Gasteiger partial charge on any atom is -0.488 e. The first-order valence-electron chi connectivity index (χ1n) is 12.5. The lowest BCUT2D eigenvalue weighted by Crippen LogP contribution is -2.41. The standard InChI is InChI=1S/C27H24ClF3N4O3S/c1-14-6-16(28)9-19(24(14)38-22-8-15-7-20(22)33-11-15)18-2-4-32-21-10-17(39-25(18)21)12-35-23(36)3-5-34(26(35)37)13-27(29,30)31/h2-6,9-10,15,20,22,33H,7-8,11-13H2,1H3. The number of rotatable bonds is 6. The minimum atomic E-state index is -4.59. The number of aromatic nitrogens is 3. The number of ether oxygens (including phenoxy) is 1. The normalized spacial score (nSPS) is 20.7. The molecule has 3 unspecified atom stereocenters. The maximum Gasteiger partial charge on any atom is 0.406 e. The van der Waals surface area contributed by atoms with E-state index in [0.717, 1.165) is 63.4 Å². The highest BCUT2D eigenvalue weighted by molar-refractivity contribution is 7.19. The number of aryl methyl sites for hydroxylation is 1. The van der Waals surface area contributed by atoms with Crippen LogP contribution in [-0.4, -0.2) is 39.0 Å². The number of piperidine rings is 1. The van der Waals surface area contributed by atoms with Gasteiger partial charge in [0.15, 0.2) is 0 Å². The van der Waals surface area contributed by atoms with Gasteiger partial charge in [-0.3, -0.25) is 18.9 Å². The monoisotopic (exact) mass is 576 g/mol. The molecule has 204 valence electrons. The summed E-state index contributed by atoms with van der Waals surface area (Å²) in [6, 6.07) is 8.61. The third kappa shape index (κ3) is 5.10. The Bertz CT molecular complexity index is 1700. The number of hydrogen-bond acceptors (Lipinski definition) is 6. The second-order valence-electron chi connectivity index (χ2n) is 10.2. The van der Waals surface area contributed by atoms with Crippen LogP contribution in [0.4, 0.5) is 13.2 Å². The van der Waals surface area contributed by atoms with Gasteiger partial charge in [0, 0.05) is 45.5 Å². The number of halogens is 4. The van der Waals surface area contributed by atoms with Crippen molar-refractivity contribution in [3.05, 3.63) is 79.0 Å². The number of nitrogens with one attached hydrogen (secondary N) is 1. The van der Waals surface area contributed by atoms with Crippen LogP contribution in [0.3, 0.4) is 0 Å². The van der Waals surface area contributed by atoms with Crippen LogP contribution in [0.5, 0.6) is 5.75 Å². The molecular weight excluding hydrogens is 553 g/mol. The van der Waals surface area contributed by atoms with Gasteiger partial charge in [0.1, 0.15) is 18.4 Å². The Hall–Kier alpha value is -3.15. The Morgan fingerprint density at radius 1 is 1.18 bits per heavy atom. The van der Waals surface area contributed by atoms with Crippen LogP contribution in [-0.2, 0) is 13.1 Å². The fourth-order valence-electron chi connectivity index (χ4n) is 5.62. The molecule has 4 aromatic rings. The van der Waals surface area contributed by atoms with E-state index in [-0.39, 0.29) is 12.6 Å². The van der Waals surface area contributed by atoms with Crippen molar-refractivity contribution in [2.45, 2.75) is 51.2 Å². The zero-order chi connectivity index (χ0) is 27.5. The van der Waals surface area contributed by atoms with Gasteiger partial charge in [-0.2, -0.15) is 13.2 Å². The number of fused-ring (bicyclic) bond motifs is 3. The van der Waals surface area contributed by atoms with E-state index in [2.05, 4.69) is 10.3 Å². The summed E-state index contributed by atoms with van der Waals surface area (Å²) in [5, 5.41) is 4.08. The molecule has 1 aliphatic heterocycles. The molecule has 12 heteroatoms. The second kappa shape index (κ2) is 9.79. The first-order valence-corrected chi connectivity index (χ1v) is 13.7. The predicted molar refractivity (Wildman–Crippen MR) is 144 cm³/mol. The molecule has 0 radical (unpaired) electrons. The number of pyridine rings is 1. The fraction of sp³-hybridized carbons (Fsp3) is 0.370. The largest absolute Gasteiger partial charge is 0.488 e. The summed E-state index contributed by atoms with van der Waals surface area (Å²) in [5.74, 6) is 1.36. The lowest BCUT2D eigenvalue weighted by Gasteiger charge is -2.26. The molecule has 3 atom stereocenters. The van der Waals surface area contributed by atoms with Crippen molar-refractivity contribution in [3.63, 3.8) is 0 Å². The van der Waals surface area contributed by atoms with Gasteiger partial charge < -0.3 is 10.1 Å². The summed E-state index contributed by atoms with van der Waals surface area (Å²) in [6.45, 7) is 1.33. The fourth-order valence-corrected chi connectivity index (χ4v) is 7.02. The molecule has 6 rings (SSSR count). The van der Waals surface area contributed by atoms with E-state index in [1.165, 1.54) is 11.3 Å². The molecule has 0 spiro atoms. The summed E-state index contributed by atoms with van der Waals surface area (Å²) in [7, 11) is 0. The molecule has 2 fully saturated rings. The maximum atomic E-state index is 12.9. The van der Waals surface area contributed by atoms with Gasteiger partial charge in [-0.15, -0.1) is 11.3 Å². The number of thiophene rings is 1. The molecule has 4 heterocycles. The van der Waals surface area contributed by atoms with E-state index in [9.17, 15) is 22.8 Å². The summed E-state index contributed by atoms with van der Waals surface area (Å²) in [5.41, 5.74) is 1.49. The first kappa shape index (κ1) is 26.1. The van der Waals surface area contributed by atoms with Gasteiger partial charge in [0.2, 0.25) is 0 Å². The Kier molecular flexibility index (Phi) is 6.55. The SMILES string of the molecule is Cc1cc(Cl)cc(-c2ccnc3cc(Cn4c(=O)ccn(CC(F)(F)F)c4=O)sc23)c1OC1CC2CNC1C2. The van der Waals surface area contributed by atoms with E-state index in [4.69, 9.17) is 16.3 Å². The van der Waals surface area contributed by atoms with E-state index in [1.54, 1.807) is 12.3 Å². The summed E-state index contributed by atoms with van der Waals surface area (Å²) >= 11 is 7.80. The Balaban J connectivity index is 1.39. The van der Waals surface area contributed by atoms with Gasteiger partial charge in [-0.1, -0.05) is 11.6 Å². The Labute approximate surface area is 229 Å². The molecular formula is C27H24ClF3N4O3S. The van der Waals surface area contributed by atoms with Crippen molar-refractivity contribution in [3.8, 4) is 16.9 Å². The lowest BCUT2D eigenvalue weighted by atomic mass is 10.0. The van der Waals surface area contributed by atoms with Crippen LogP contribution in [0.2, 0.25) is 5.02 Å². The number of nitrogens with zero attached hydrogens (tertiary/aromatic N) is 3. The van der Waals surface area contributed by atoms with Crippen molar-refractivity contribution >= 4 is 33.2 Å². The molecule has 3 aromatic heterocycles. The zero-order valence-corrected chi connectivity index (χ0v) is 22.4. The van der Waals surface area contributed by atoms with Crippen LogP contribution in [0, 0.1) is 12.8 Å². The minimum absolute atomic E-state index is 0.0578. The molecule has 1 aromatic carbocycles. The van der Waals surface area contributed by atoms with Crippen LogP contribution >= 0.6 is 22.9 Å². The average molecular weight is 577 g/mol. The Morgan fingerprint density at radius 2 is 2.00 bits per heavy atom. The summed E-state index contributed by atoms with van der Waals surface area (Å²) in [6.07, 6.45) is 0.0929. The van der Waals surface area contributed by atoms with Crippen molar-refractivity contribution < 1.29 is 17.9 Å². The van der Waals surface area contributed by atoms with Crippen molar-refractivity contribution in [2.24, 2.45) is 5.92 Å². The number of hydrogen-bond donors (Lipinski definition) is 1. The molecule has 1 N–H and O–H groups in total. The Morgan fingerprint density at radius 3 is 2.72 bits per heavy atom. The van der Waals surface area contributed by atoms with Crippen molar-refractivity contribution in [1.82, 2.24) is 19.4 Å². The predicted octanol–water partition coefficient (Wildman–Crippen LogP) is 4.99. The van der Waals surface area contributed by atoms with Crippen LogP contribution < -0.4 is 21.3 Å². The highest BCUT2D eigenvalue weighted by atomic mass is 35.5. The number of alkyl halides is 3. The smallest absolute Gasteiger partial charge is 0.406 e. The maximum absolute atomic E-state index is 12.9. The molecule has 2 bridgehead atoms. The van der Waals surface area contributed by atoms with Crippen molar-refractivity contribution in [1.29, 1.82) is 0 Å². The van der Waals surface area contributed by atoms with Crippen molar-refractivity contribution in [2.75, 3.05) is 6.54 Å². The molecule has 7 nitrogen and oxygen atoms in total. The summed E-state index contributed by atoms with van der Waals surface area (Å²) in [4.78, 5) is 30.2. The molecule has 1 aliphatic carbocycles. The summed E-state index contributed by atoms with van der Waals surface area (Å²) < 4.78 is 47.4. The van der Waals surface area contributed by atoms with E-state index >= 15 is 0 Å². The quantitative estimate of drug-likeness (QED) is 0.350. The van der Waals surface area contributed by atoms with Crippen LogP contribution in [0.15, 0.2) is 52.3 Å². The molecule has 39 heavy (non-hydrogen) atoms. The second-order valence-corrected chi connectivity index (χ2v) is 11.7. The lowest BCUT2D eigenvalue weighted by molar-refractivity contribution is -0.141. The molecule has 1 saturated carbocycles. The van der Waals surface area contributed by atoms with Crippen LogP contribution in [0.25, 0.3) is 21.3 Å². The third-order valence-corrected chi connectivity index (χ3v) is 8.70. The van der Waals surface area contributed by atoms with Gasteiger partial charge >= 0.3 is 11.9 Å². The van der Waals surface area contributed by atoms with Gasteiger partial charge in [-0.25, -0.2) is 4.79 Å². The van der Waals surface area contributed by atoms with Crippen LogP contribution in [0.1, 0.15) is 23.3 Å². The number of benzene rings is 1. The molecule has 2 aliphatic rings. The van der Waals surface area contributed by atoms with Gasteiger partial charge in [0.05, 0.1) is 16.8 Å². The topological polar surface area (TPSA) is 78.2 Å². The highest BCUT2D eigenvalue weighted by Crippen LogP contribution is 2.43. The average Bonchev–Trinajstić information content (AvgIpc) is 3.59. The molecule has 1 saturated heterocycles. The van der Waals surface area contributed by atoms with E-state index in [1.807, 2.05) is 25.1 Å². The zero-order valence-electron chi connectivity index (χ0n) is 20.8. The van der Waals surface area contributed by atoms with Gasteiger partial charge in [-0.05, 0) is 62.1 Å². The molecule has 0 amide bonds. The highest BCUT2D eigenvalue weighted by Gasteiger charge is 2.41. The van der Waals surface area contributed by atoms with E-state index in [0.29, 0.717) is 31.9 Å².